The molecule has 0 saturated heterocycles. The fraction of sp³-hybridized carbons (Fsp3) is 0.154. The molecule has 0 radical (unpaired) electrons. The summed E-state index contributed by atoms with van der Waals surface area (Å²) in [5.41, 5.74) is 3.15. The monoisotopic (exact) mass is 278 g/mol. The minimum atomic E-state index is -0.540. The Morgan fingerprint density at radius 2 is 2.00 bits per heavy atom. The van der Waals surface area contributed by atoms with Crippen molar-refractivity contribution in [2.75, 3.05) is 0 Å². The molecule has 0 aliphatic carbocycles. The molecule has 1 aromatic carbocycles. The van der Waals surface area contributed by atoms with E-state index in [2.05, 4.69) is 15.6 Å². The second kappa shape index (κ2) is 5.60. The van der Waals surface area contributed by atoms with Gasteiger partial charge in [0, 0.05) is 12.6 Å². The van der Waals surface area contributed by atoms with E-state index in [9.17, 15) is 13.6 Å². The maximum atomic E-state index is 13.6. The number of amides is 1. The molecule has 0 aliphatic heterocycles. The highest BCUT2D eigenvalue weighted by Crippen LogP contribution is 2.08. The second-order valence-corrected chi connectivity index (χ2v) is 4.12. The van der Waals surface area contributed by atoms with Crippen LogP contribution in [0.2, 0.25) is 0 Å². The Labute approximate surface area is 113 Å². The Morgan fingerprint density at radius 3 is 2.55 bits per heavy atom. The molecule has 0 bridgehead atoms. The molecule has 104 valence electrons. The Hall–Kier alpha value is -2.57. The quantitative estimate of drug-likeness (QED) is 0.687. The number of aryl methyl sites for hydroxylation is 2. The predicted octanol–water partition coefficient (Wildman–Crippen LogP) is 1.77. The molecule has 1 amide bonds. The van der Waals surface area contributed by atoms with Crippen LogP contribution in [0.15, 0.2) is 29.4 Å². The molecule has 1 heterocycles. The van der Waals surface area contributed by atoms with Crippen LogP contribution in [-0.2, 0) is 7.05 Å². The summed E-state index contributed by atoms with van der Waals surface area (Å²) in [6.45, 7) is 1.63. The van der Waals surface area contributed by atoms with Gasteiger partial charge >= 0.3 is 0 Å². The van der Waals surface area contributed by atoms with Crippen molar-refractivity contribution in [1.82, 2.24) is 15.2 Å². The molecule has 7 heteroatoms. The van der Waals surface area contributed by atoms with E-state index >= 15 is 0 Å². The van der Waals surface area contributed by atoms with Gasteiger partial charge in [0.05, 0.1) is 17.5 Å². The summed E-state index contributed by atoms with van der Waals surface area (Å²) < 4.78 is 27.4. The Balaban J connectivity index is 2.06. The number of benzene rings is 1. The summed E-state index contributed by atoms with van der Waals surface area (Å²) in [5.74, 6) is -1.48. The van der Waals surface area contributed by atoms with E-state index < -0.39 is 17.7 Å². The number of hydrogen-bond acceptors (Lipinski definition) is 3. The van der Waals surface area contributed by atoms with Crippen LogP contribution >= 0.6 is 0 Å². The number of rotatable bonds is 3. The summed E-state index contributed by atoms with van der Waals surface area (Å²) in [7, 11) is 1.47. The number of carbonyl (C=O) groups is 1. The molecule has 5 nitrogen and oxygen atoms in total. The smallest absolute Gasteiger partial charge is 0.267 e. The van der Waals surface area contributed by atoms with Gasteiger partial charge in [0.1, 0.15) is 5.82 Å². The third kappa shape index (κ3) is 2.87. The summed E-state index contributed by atoms with van der Waals surface area (Å²) in [6.07, 6.45) is 1.18. The van der Waals surface area contributed by atoms with Crippen LogP contribution in [0.5, 0.6) is 0 Å². The van der Waals surface area contributed by atoms with Gasteiger partial charge in [0.25, 0.3) is 5.91 Å². The van der Waals surface area contributed by atoms with E-state index in [0.717, 1.165) is 4.68 Å². The summed E-state index contributed by atoms with van der Waals surface area (Å²) in [5, 5.41) is 7.54. The first-order valence-corrected chi connectivity index (χ1v) is 5.77. The number of nitrogens with zero attached hydrogens (tertiary/aromatic N) is 3. The molecule has 0 fully saturated rings. The average Bonchev–Trinajstić information content (AvgIpc) is 2.65. The van der Waals surface area contributed by atoms with E-state index in [4.69, 9.17) is 0 Å². The highest BCUT2D eigenvalue weighted by molar-refractivity contribution is 5.94. The normalized spacial score (nSPS) is 11.0. The standard InChI is InChI=1S/C13H12F2N4O/c1-8-11(12(15)19(2)18-8)7-16-17-13(20)9-3-5-10(14)6-4-9/h3-7H,1-2H3,(H,17,20)/b16-7-. The van der Waals surface area contributed by atoms with Crippen molar-refractivity contribution in [2.24, 2.45) is 12.1 Å². The van der Waals surface area contributed by atoms with E-state index in [1.165, 1.54) is 37.5 Å². The van der Waals surface area contributed by atoms with Crippen LogP contribution in [0.4, 0.5) is 8.78 Å². The van der Waals surface area contributed by atoms with Gasteiger partial charge in [0.2, 0.25) is 5.95 Å². The van der Waals surface area contributed by atoms with E-state index in [1.807, 2.05) is 0 Å². The number of halogens is 2. The first-order valence-electron chi connectivity index (χ1n) is 5.77. The molecule has 1 aromatic heterocycles. The number of hydrazone groups is 1. The third-order valence-corrected chi connectivity index (χ3v) is 2.66. The van der Waals surface area contributed by atoms with Crippen LogP contribution in [0.1, 0.15) is 21.6 Å². The van der Waals surface area contributed by atoms with Crippen LogP contribution in [0, 0.1) is 18.7 Å². The summed E-state index contributed by atoms with van der Waals surface area (Å²) >= 11 is 0. The minimum Gasteiger partial charge on any atom is -0.267 e. The lowest BCUT2D eigenvalue weighted by Crippen LogP contribution is -2.17. The van der Waals surface area contributed by atoms with E-state index in [1.54, 1.807) is 6.92 Å². The molecule has 0 unspecified atom stereocenters. The molecule has 2 aromatic rings. The maximum Gasteiger partial charge on any atom is 0.271 e. The van der Waals surface area contributed by atoms with Gasteiger partial charge < -0.3 is 0 Å². The molecule has 0 spiro atoms. The lowest BCUT2D eigenvalue weighted by atomic mass is 10.2. The highest BCUT2D eigenvalue weighted by atomic mass is 19.1. The lowest BCUT2D eigenvalue weighted by Gasteiger charge is -1.99. The molecule has 2 rings (SSSR count). The number of hydrogen-bond donors (Lipinski definition) is 1. The van der Waals surface area contributed by atoms with Gasteiger partial charge in [-0.05, 0) is 31.2 Å². The number of carbonyl (C=O) groups excluding carboxylic acids is 1. The number of aromatic nitrogens is 2. The number of nitrogens with one attached hydrogen (secondary N) is 1. The highest BCUT2D eigenvalue weighted by Gasteiger charge is 2.10. The van der Waals surface area contributed by atoms with Gasteiger partial charge in [-0.25, -0.2) is 14.5 Å². The van der Waals surface area contributed by atoms with Crippen molar-refractivity contribution < 1.29 is 13.6 Å². The van der Waals surface area contributed by atoms with Crippen molar-refractivity contribution in [2.45, 2.75) is 6.92 Å². The molecular formula is C13H12F2N4O. The maximum absolute atomic E-state index is 13.6. The molecule has 0 atom stereocenters. The van der Waals surface area contributed by atoms with Gasteiger partial charge in [0.15, 0.2) is 0 Å². The first kappa shape index (κ1) is 13.9. The topological polar surface area (TPSA) is 59.3 Å². The fourth-order valence-corrected chi connectivity index (χ4v) is 1.61. The first-order chi connectivity index (χ1) is 9.49. The zero-order valence-electron chi connectivity index (χ0n) is 10.9. The van der Waals surface area contributed by atoms with E-state index in [0.29, 0.717) is 5.69 Å². The zero-order chi connectivity index (χ0) is 14.7. The second-order valence-electron chi connectivity index (χ2n) is 4.12. The average molecular weight is 278 g/mol. The van der Waals surface area contributed by atoms with Crippen LogP contribution in [0.3, 0.4) is 0 Å². The summed E-state index contributed by atoms with van der Waals surface area (Å²) in [6, 6.07) is 5.00. The minimum absolute atomic E-state index is 0.201. The zero-order valence-corrected chi connectivity index (χ0v) is 10.9. The van der Waals surface area contributed by atoms with Gasteiger partial charge in [-0.2, -0.15) is 14.6 Å². The third-order valence-electron chi connectivity index (χ3n) is 2.66. The molecule has 0 saturated carbocycles. The van der Waals surface area contributed by atoms with Gasteiger partial charge in [-0.3, -0.25) is 4.79 Å². The van der Waals surface area contributed by atoms with Crippen LogP contribution < -0.4 is 5.43 Å². The van der Waals surface area contributed by atoms with Crippen molar-refractivity contribution >= 4 is 12.1 Å². The molecule has 0 aliphatic rings. The Kier molecular flexibility index (Phi) is 3.88. The SMILES string of the molecule is Cc1nn(C)c(F)c1/C=N\NC(=O)c1ccc(F)cc1. The van der Waals surface area contributed by atoms with E-state index in [-0.39, 0.29) is 11.1 Å². The fourth-order valence-electron chi connectivity index (χ4n) is 1.61. The van der Waals surface area contributed by atoms with Gasteiger partial charge in [-0.1, -0.05) is 0 Å². The summed E-state index contributed by atoms with van der Waals surface area (Å²) in [4.78, 5) is 11.7. The Bertz CT molecular complexity index is 662. The Morgan fingerprint density at radius 1 is 1.35 bits per heavy atom. The van der Waals surface area contributed by atoms with Crippen LogP contribution in [0.25, 0.3) is 0 Å². The molecule has 20 heavy (non-hydrogen) atoms. The predicted molar refractivity (Wildman–Crippen MR) is 69.4 cm³/mol. The molecule has 1 N–H and O–H groups in total. The van der Waals surface area contributed by atoms with Crippen molar-refractivity contribution in [1.29, 1.82) is 0 Å². The lowest BCUT2D eigenvalue weighted by molar-refractivity contribution is 0.0955. The van der Waals surface area contributed by atoms with Crippen molar-refractivity contribution in [3.8, 4) is 0 Å². The largest absolute Gasteiger partial charge is 0.271 e. The van der Waals surface area contributed by atoms with Crippen molar-refractivity contribution in [3.05, 3.63) is 52.9 Å². The van der Waals surface area contributed by atoms with Crippen LogP contribution in [-0.4, -0.2) is 21.9 Å². The van der Waals surface area contributed by atoms with Crippen molar-refractivity contribution in [3.63, 3.8) is 0 Å². The molecular weight excluding hydrogens is 266 g/mol. The van der Waals surface area contributed by atoms with Gasteiger partial charge in [-0.15, -0.1) is 0 Å².